The fourth-order valence-electron chi connectivity index (χ4n) is 7.25. The van der Waals surface area contributed by atoms with Crippen LogP contribution in [-0.4, -0.2) is 23.6 Å². The maximum absolute atomic E-state index is 13.8. The van der Waals surface area contributed by atoms with E-state index in [1.54, 1.807) is 48.5 Å². The average molecular weight is 545 g/mol. The molecule has 0 aromatic heterocycles. The van der Waals surface area contributed by atoms with Gasteiger partial charge in [-0.25, -0.2) is 9.80 Å². The van der Waals surface area contributed by atoms with Crippen LogP contribution in [0.3, 0.4) is 0 Å². The highest BCUT2D eigenvalue weighted by molar-refractivity contribution is 6.40. The number of fused-ring (bicyclic) bond motifs is 2. The molecule has 42 heavy (non-hydrogen) atoms. The van der Waals surface area contributed by atoms with Crippen LogP contribution in [0.25, 0.3) is 38.4 Å². The van der Waals surface area contributed by atoms with Crippen LogP contribution < -0.4 is 15.0 Å². The van der Waals surface area contributed by atoms with Crippen molar-refractivity contribution in [3.63, 3.8) is 0 Å². The Morgan fingerprint density at radius 2 is 1.02 bits per heavy atom. The monoisotopic (exact) mass is 544 g/mol. The van der Waals surface area contributed by atoms with Gasteiger partial charge >= 0.3 is 0 Å². The van der Waals surface area contributed by atoms with E-state index in [2.05, 4.69) is 6.08 Å². The lowest BCUT2D eigenvalue weighted by Gasteiger charge is -2.35. The Kier molecular flexibility index (Phi) is 4.39. The zero-order chi connectivity index (χ0) is 28.3. The first kappa shape index (κ1) is 23.1. The van der Waals surface area contributed by atoms with Gasteiger partial charge in [0.25, 0.3) is 17.7 Å². The standard InChI is InChI=1S/C36H20N2O4/c39-33-25-15-11-21-23-13-17-27-32-28(36(42)38(35(27)41)20-9-5-2-6-10-20)18-14-24(30(23)32)22-12-16-26(31(25)29(21)22)34(40)37(33)19-7-3-1-4-8-19/h1-17,28H,18H2. The summed E-state index contributed by atoms with van der Waals surface area (Å²) in [6.45, 7) is 0. The molecular formula is C36H20N2O4. The van der Waals surface area contributed by atoms with Crippen LogP contribution in [0.1, 0.15) is 49.0 Å². The molecule has 4 amide bonds. The average Bonchev–Trinajstić information content (AvgIpc) is 3.03. The van der Waals surface area contributed by atoms with Crippen LogP contribution in [0.2, 0.25) is 0 Å². The molecule has 6 heteroatoms. The number of imide groups is 2. The molecule has 0 spiro atoms. The number of carbonyl (C=O) groups is 4. The quantitative estimate of drug-likeness (QED) is 0.150. The van der Waals surface area contributed by atoms with Gasteiger partial charge in [-0.2, -0.15) is 0 Å². The van der Waals surface area contributed by atoms with Crippen molar-refractivity contribution in [1.82, 2.24) is 0 Å². The molecule has 1 atom stereocenters. The van der Waals surface area contributed by atoms with Crippen molar-refractivity contribution in [3.8, 4) is 0 Å². The van der Waals surface area contributed by atoms with E-state index in [1.165, 1.54) is 9.80 Å². The highest BCUT2D eigenvalue weighted by atomic mass is 16.2. The Labute approximate surface area is 239 Å². The molecule has 0 fully saturated rings. The van der Waals surface area contributed by atoms with Gasteiger partial charge in [0.1, 0.15) is 0 Å². The SMILES string of the molecule is O=C1c2ccc3c4c2C(CC=c4c2ccc4c5c(ccc3c52)C(=O)N(c2ccccc2)C4=O)C(=O)N1c1ccccc1. The van der Waals surface area contributed by atoms with Crippen molar-refractivity contribution in [3.05, 3.63) is 125 Å². The van der Waals surface area contributed by atoms with E-state index >= 15 is 0 Å². The van der Waals surface area contributed by atoms with Crippen molar-refractivity contribution >= 4 is 73.4 Å². The Morgan fingerprint density at radius 3 is 1.67 bits per heavy atom. The second-order valence-electron chi connectivity index (χ2n) is 11.0. The fraction of sp³-hybridized carbons (Fsp3) is 0.0556. The van der Waals surface area contributed by atoms with Crippen LogP contribution in [-0.2, 0) is 4.79 Å². The number of benzene rings is 6. The van der Waals surface area contributed by atoms with Crippen LogP contribution in [0.4, 0.5) is 11.4 Å². The van der Waals surface area contributed by atoms with Gasteiger partial charge in [0.15, 0.2) is 0 Å². The summed E-state index contributed by atoms with van der Waals surface area (Å²) in [6.07, 6.45) is 2.53. The first-order valence-corrected chi connectivity index (χ1v) is 13.9. The molecule has 0 radical (unpaired) electrons. The minimum atomic E-state index is -0.478. The summed E-state index contributed by atoms with van der Waals surface area (Å²) < 4.78 is 0. The van der Waals surface area contributed by atoms with Gasteiger partial charge in [-0.15, -0.1) is 0 Å². The summed E-state index contributed by atoms with van der Waals surface area (Å²) in [5, 5.41) is 6.04. The highest BCUT2D eigenvalue weighted by Gasteiger charge is 2.42. The van der Waals surface area contributed by atoms with E-state index in [0.717, 1.165) is 37.7 Å². The number of para-hydroxylation sites is 2. The van der Waals surface area contributed by atoms with Crippen molar-refractivity contribution in [2.24, 2.45) is 0 Å². The Morgan fingerprint density at radius 1 is 0.500 bits per heavy atom. The second kappa shape index (κ2) is 7.98. The number of hydrogen-bond acceptors (Lipinski definition) is 4. The molecule has 9 rings (SSSR count). The summed E-state index contributed by atoms with van der Waals surface area (Å²) >= 11 is 0. The summed E-state index contributed by atoms with van der Waals surface area (Å²) in [6, 6.07) is 29.3. The van der Waals surface area contributed by atoms with E-state index in [4.69, 9.17) is 0 Å². The zero-order valence-electron chi connectivity index (χ0n) is 22.1. The molecule has 0 saturated carbocycles. The summed E-state index contributed by atoms with van der Waals surface area (Å²) in [5.41, 5.74) is 3.36. The molecule has 3 aliphatic rings. The number of carbonyl (C=O) groups excluding carboxylic acids is 4. The molecule has 0 saturated heterocycles. The Hall–Kier alpha value is -5.62. The molecule has 6 nitrogen and oxygen atoms in total. The van der Waals surface area contributed by atoms with E-state index in [-0.39, 0.29) is 23.6 Å². The predicted molar refractivity (Wildman–Crippen MR) is 162 cm³/mol. The van der Waals surface area contributed by atoms with Gasteiger partial charge in [0.2, 0.25) is 5.91 Å². The van der Waals surface area contributed by atoms with Crippen molar-refractivity contribution in [2.75, 3.05) is 9.80 Å². The van der Waals surface area contributed by atoms with E-state index in [0.29, 0.717) is 39.9 Å². The Bertz CT molecular complexity index is 2290. The van der Waals surface area contributed by atoms with Crippen molar-refractivity contribution in [2.45, 2.75) is 12.3 Å². The third-order valence-corrected chi connectivity index (χ3v) is 9.01. The van der Waals surface area contributed by atoms with Gasteiger partial charge in [0.05, 0.1) is 17.3 Å². The topological polar surface area (TPSA) is 74.8 Å². The highest BCUT2D eigenvalue weighted by Crippen LogP contribution is 2.45. The lowest BCUT2D eigenvalue weighted by atomic mass is 9.76. The molecular weight excluding hydrogens is 524 g/mol. The lowest BCUT2D eigenvalue weighted by Crippen LogP contribution is -2.46. The summed E-state index contributed by atoms with van der Waals surface area (Å²) in [4.78, 5) is 57.7. The molecule has 6 aromatic rings. The van der Waals surface area contributed by atoms with E-state index in [1.807, 2.05) is 48.5 Å². The molecule has 198 valence electrons. The number of rotatable bonds is 2. The first-order chi connectivity index (χ1) is 20.5. The molecule has 2 heterocycles. The normalized spacial score (nSPS) is 17.5. The van der Waals surface area contributed by atoms with Crippen LogP contribution in [0.15, 0.2) is 97.1 Å². The summed E-state index contributed by atoms with van der Waals surface area (Å²) in [7, 11) is 0. The third-order valence-electron chi connectivity index (χ3n) is 9.01. The maximum atomic E-state index is 13.8. The predicted octanol–water partition coefficient (Wildman–Crippen LogP) is 6.12. The van der Waals surface area contributed by atoms with Gasteiger partial charge in [-0.3, -0.25) is 19.2 Å². The van der Waals surface area contributed by atoms with Gasteiger partial charge in [-0.05, 0) is 86.6 Å². The van der Waals surface area contributed by atoms with Crippen molar-refractivity contribution < 1.29 is 19.2 Å². The number of anilines is 2. The van der Waals surface area contributed by atoms with Gasteiger partial charge in [-0.1, -0.05) is 60.7 Å². The molecule has 0 N–H and O–H groups in total. The lowest BCUT2D eigenvalue weighted by molar-refractivity contribution is -0.119. The van der Waals surface area contributed by atoms with Crippen molar-refractivity contribution in [1.29, 1.82) is 0 Å². The molecule has 6 aromatic carbocycles. The number of amides is 4. The molecule has 2 aliphatic heterocycles. The number of nitrogens with zero attached hydrogens (tertiary/aromatic N) is 2. The third kappa shape index (κ3) is 2.73. The molecule has 0 bridgehead atoms. The molecule has 1 unspecified atom stereocenters. The fourth-order valence-corrected chi connectivity index (χ4v) is 7.25. The zero-order valence-corrected chi connectivity index (χ0v) is 22.1. The number of hydrogen-bond donors (Lipinski definition) is 0. The minimum Gasteiger partial charge on any atom is -0.273 e. The second-order valence-corrected chi connectivity index (χ2v) is 11.0. The van der Waals surface area contributed by atoms with E-state index in [9.17, 15) is 19.2 Å². The van der Waals surface area contributed by atoms with Gasteiger partial charge < -0.3 is 0 Å². The maximum Gasteiger partial charge on any atom is 0.265 e. The van der Waals surface area contributed by atoms with Crippen LogP contribution >= 0.6 is 0 Å². The first-order valence-electron chi connectivity index (χ1n) is 13.9. The van der Waals surface area contributed by atoms with Crippen LogP contribution in [0.5, 0.6) is 0 Å². The largest absolute Gasteiger partial charge is 0.273 e. The van der Waals surface area contributed by atoms with E-state index < -0.39 is 5.92 Å². The summed E-state index contributed by atoms with van der Waals surface area (Å²) in [5.74, 6) is -1.74. The van der Waals surface area contributed by atoms with Crippen LogP contribution in [0, 0.1) is 0 Å². The molecule has 1 aliphatic carbocycles. The smallest absolute Gasteiger partial charge is 0.265 e. The minimum absolute atomic E-state index is 0.226. The Balaban J connectivity index is 1.33. The van der Waals surface area contributed by atoms with Gasteiger partial charge in [0, 0.05) is 22.1 Å².